The summed E-state index contributed by atoms with van der Waals surface area (Å²) in [6.07, 6.45) is 0. The van der Waals surface area contributed by atoms with Crippen molar-refractivity contribution < 1.29 is 14.3 Å². The smallest absolute Gasteiger partial charge is 0.258 e. The van der Waals surface area contributed by atoms with Gasteiger partial charge in [0.25, 0.3) is 5.91 Å². The molecule has 1 saturated heterocycles. The fourth-order valence-electron chi connectivity index (χ4n) is 2.90. The zero-order valence-corrected chi connectivity index (χ0v) is 15.3. The molecule has 1 aliphatic rings. The summed E-state index contributed by atoms with van der Waals surface area (Å²) in [5.41, 5.74) is 1.08. The number of morpholine rings is 1. The Kier molecular flexibility index (Phi) is 6.89. The highest BCUT2D eigenvalue weighted by atomic mass is 35.5. The van der Waals surface area contributed by atoms with Gasteiger partial charge in [-0.2, -0.15) is 0 Å². The van der Waals surface area contributed by atoms with Crippen molar-refractivity contribution >= 4 is 17.5 Å². The number of halogens is 1. The SMILES string of the molecule is O=C(COc1cccc(Cl)c1)N[C@@H](CN1CCOCC1)c1ccccc1. The number of benzene rings is 2. The maximum Gasteiger partial charge on any atom is 0.258 e. The van der Waals surface area contributed by atoms with E-state index in [0.717, 1.165) is 38.4 Å². The van der Waals surface area contributed by atoms with Crippen LogP contribution in [0, 0.1) is 0 Å². The second-order valence-electron chi connectivity index (χ2n) is 6.19. The second kappa shape index (κ2) is 9.57. The highest BCUT2D eigenvalue weighted by Crippen LogP contribution is 2.18. The average molecular weight is 375 g/mol. The highest BCUT2D eigenvalue weighted by molar-refractivity contribution is 6.30. The number of carbonyl (C=O) groups excluding carboxylic acids is 1. The van der Waals surface area contributed by atoms with Gasteiger partial charge in [-0.15, -0.1) is 0 Å². The minimum absolute atomic E-state index is 0.0488. The number of hydrogen-bond acceptors (Lipinski definition) is 4. The van der Waals surface area contributed by atoms with Crippen molar-refractivity contribution in [2.75, 3.05) is 39.5 Å². The minimum Gasteiger partial charge on any atom is -0.484 e. The van der Waals surface area contributed by atoms with E-state index < -0.39 is 0 Å². The molecule has 0 bridgehead atoms. The average Bonchev–Trinajstić information content (AvgIpc) is 2.67. The van der Waals surface area contributed by atoms with Crippen LogP contribution in [0.2, 0.25) is 5.02 Å². The highest BCUT2D eigenvalue weighted by Gasteiger charge is 2.20. The van der Waals surface area contributed by atoms with Gasteiger partial charge in [0.1, 0.15) is 5.75 Å². The number of carbonyl (C=O) groups is 1. The van der Waals surface area contributed by atoms with Crippen LogP contribution in [0.25, 0.3) is 0 Å². The van der Waals surface area contributed by atoms with Gasteiger partial charge >= 0.3 is 0 Å². The molecule has 1 N–H and O–H groups in total. The lowest BCUT2D eigenvalue weighted by atomic mass is 10.1. The molecule has 0 saturated carbocycles. The van der Waals surface area contributed by atoms with Gasteiger partial charge in [0, 0.05) is 24.7 Å². The quantitative estimate of drug-likeness (QED) is 0.809. The molecule has 2 aromatic carbocycles. The van der Waals surface area contributed by atoms with Gasteiger partial charge in [-0.3, -0.25) is 9.69 Å². The van der Waals surface area contributed by atoms with E-state index in [0.29, 0.717) is 10.8 Å². The summed E-state index contributed by atoms with van der Waals surface area (Å²) < 4.78 is 11.0. The lowest BCUT2D eigenvalue weighted by Crippen LogP contribution is -2.44. The zero-order chi connectivity index (χ0) is 18.2. The molecular formula is C20H23ClN2O3. The third-order valence-corrected chi connectivity index (χ3v) is 4.48. The largest absolute Gasteiger partial charge is 0.484 e. The Morgan fingerprint density at radius 1 is 1.15 bits per heavy atom. The second-order valence-corrected chi connectivity index (χ2v) is 6.63. The van der Waals surface area contributed by atoms with E-state index in [2.05, 4.69) is 10.2 Å². The van der Waals surface area contributed by atoms with Gasteiger partial charge in [-0.1, -0.05) is 48.0 Å². The van der Waals surface area contributed by atoms with Crippen molar-refractivity contribution in [2.45, 2.75) is 6.04 Å². The molecule has 3 rings (SSSR count). The topological polar surface area (TPSA) is 50.8 Å². The Balaban J connectivity index is 1.59. The molecule has 0 aromatic heterocycles. The molecule has 6 heteroatoms. The van der Waals surface area contributed by atoms with E-state index in [4.69, 9.17) is 21.1 Å². The lowest BCUT2D eigenvalue weighted by molar-refractivity contribution is -0.124. The van der Waals surface area contributed by atoms with Crippen LogP contribution in [0.3, 0.4) is 0 Å². The molecule has 0 spiro atoms. The van der Waals surface area contributed by atoms with Crippen LogP contribution >= 0.6 is 11.6 Å². The molecule has 1 aliphatic heterocycles. The summed E-state index contributed by atoms with van der Waals surface area (Å²) in [7, 11) is 0. The predicted octanol–water partition coefficient (Wildman–Crippen LogP) is 2.91. The standard InChI is InChI=1S/C20H23ClN2O3/c21-17-7-4-8-18(13-17)26-15-20(24)22-19(16-5-2-1-3-6-16)14-23-9-11-25-12-10-23/h1-8,13,19H,9-12,14-15H2,(H,22,24)/t19-/m0/s1. The molecule has 2 aromatic rings. The van der Waals surface area contributed by atoms with Crippen LogP contribution in [0.1, 0.15) is 11.6 Å². The first kappa shape index (κ1) is 18.7. The Bertz CT molecular complexity index is 705. The number of nitrogens with one attached hydrogen (secondary N) is 1. The van der Waals surface area contributed by atoms with Crippen molar-refractivity contribution in [1.29, 1.82) is 0 Å². The van der Waals surface area contributed by atoms with Crippen molar-refractivity contribution in [3.63, 3.8) is 0 Å². The van der Waals surface area contributed by atoms with Crippen molar-refractivity contribution in [1.82, 2.24) is 10.2 Å². The molecule has 0 unspecified atom stereocenters. The van der Waals surface area contributed by atoms with Crippen LogP contribution in [0.4, 0.5) is 0 Å². The first-order chi connectivity index (χ1) is 12.7. The van der Waals surface area contributed by atoms with Gasteiger partial charge in [0.05, 0.1) is 19.3 Å². The third-order valence-electron chi connectivity index (χ3n) is 4.25. The third kappa shape index (κ3) is 5.73. The maximum absolute atomic E-state index is 12.4. The minimum atomic E-state index is -0.160. The van der Waals surface area contributed by atoms with Crippen LogP contribution < -0.4 is 10.1 Å². The van der Waals surface area contributed by atoms with Gasteiger partial charge in [0.2, 0.25) is 0 Å². The monoisotopic (exact) mass is 374 g/mol. The van der Waals surface area contributed by atoms with Gasteiger partial charge < -0.3 is 14.8 Å². The van der Waals surface area contributed by atoms with Gasteiger partial charge in [-0.05, 0) is 23.8 Å². The summed E-state index contributed by atoms with van der Waals surface area (Å²) >= 11 is 5.94. The number of nitrogens with zero attached hydrogens (tertiary/aromatic N) is 1. The molecule has 0 aliphatic carbocycles. The summed E-state index contributed by atoms with van der Waals surface area (Å²) in [6, 6.07) is 16.9. The van der Waals surface area contributed by atoms with E-state index in [1.165, 1.54) is 0 Å². The Morgan fingerprint density at radius 3 is 2.65 bits per heavy atom. The molecule has 26 heavy (non-hydrogen) atoms. The first-order valence-electron chi connectivity index (χ1n) is 8.73. The zero-order valence-electron chi connectivity index (χ0n) is 14.6. The number of hydrogen-bond donors (Lipinski definition) is 1. The summed E-state index contributed by atoms with van der Waals surface area (Å²) in [5.74, 6) is 0.421. The Hall–Kier alpha value is -2.08. The molecule has 138 valence electrons. The maximum atomic E-state index is 12.4. The Morgan fingerprint density at radius 2 is 1.92 bits per heavy atom. The van der Waals surface area contributed by atoms with E-state index in [1.807, 2.05) is 30.3 Å². The van der Waals surface area contributed by atoms with Crippen molar-refractivity contribution in [3.05, 3.63) is 65.2 Å². The van der Waals surface area contributed by atoms with E-state index >= 15 is 0 Å². The number of amides is 1. The summed E-state index contributed by atoms with van der Waals surface area (Å²) in [5, 5.41) is 3.67. The molecule has 1 heterocycles. The van der Waals surface area contributed by atoms with Crippen LogP contribution in [-0.4, -0.2) is 50.3 Å². The molecule has 1 amide bonds. The van der Waals surface area contributed by atoms with E-state index in [-0.39, 0.29) is 18.6 Å². The lowest BCUT2D eigenvalue weighted by Gasteiger charge is -2.31. The van der Waals surface area contributed by atoms with Crippen LogP contribution in [0.5, 0.6) is 5.75 Å². The normalized spacial score (nSPS) is 16.0. The van der Waals surface area contributed by atoms with Crippen molar-refractivity contribution in [2.24, 2.45) is 0 Å². The molecule has 5 nitrogen and oxygen atoms in total. The van der Waals surface area contributed by atoms with E-state index in [1.54, 1.807) is 24.3 Å². The predicted molar refractivity (Wildman–Crippen MR) is 102 cm³/mol. The Labute approximate surface area is 158 Å². The fraction of sp³-hybridized carbons (Fsp3) is 0.350. The summed E-state index contributed by atoms with van der Waals surface area (Å²) in [4.78, 5) is 14.7. The van der Waals surface area contributed by atoms with Gasteiger partial charge in [0.15, 0.2) is 6.61 Å². The number of ether oxygens (including phenoxy) is 2. The number of rotatable bonds is 7. The van der Waals surface area contributed by atoms with Gasteiger partial charge in [-0.25, -0.2) is 0 Å². The van der Waals surface area contributed by atoms with E-state index in [9.17, 15) is 4.79 Å². The van der Waals surface area contributed by atoms with Crippen LogP contribution in [-0.2, 0) is 9.53 Å². The van der Waals surface area contributed by atoms with Crippen molar-refractivity contribution in [3.8, 4) is 5.75 Å². The molecule has 1 atom stereocenters. The molecular weight excluding hydrogens is 352 g/mol. The summed E-state index contributed by atoms with van der Waals surface area (Å²) in [6.45, 7) is 3.90. The van der Waals surface area contributed by atoms with Crippen LogP contribution in [0.15, 0.2) is 54.6 Å². The fourth-order valence-corrected chi connectivity index (χ4v) is 3.08. The molecule has 0 radical (unpaired) electrons. The molecule has 1 fully saturated rings. The first-order valence-corrected chi connectivity index (χ1v) is 9.11.